The van der Waals surface area contributed by atoms with Crippen molar-refractivity contribution in [2.45, 2.75) is 39.3 Å². The van der Waals surface area contributed by atoms with Gasteiger partial charge in [0.05, 0.1) is 6.42 Å². The van der Waals surface area contributed by atoms with E-state index in [4.69, 9.17) is 23.2 Å². The molecule has 0 heterocycles. The first-order chi connectivity index (χ1) is 12.9. The standard InChI is InChI=1S/C21H24Cl2N2O2/c1-4-19(21(27)24-3)25(13-15-10-8-14(2)9-11-15)20(26)12-16-17(22)6-5-7-18(16)23/h5-11,19H,4,12-13H2,1-3H3,(H,24,27). The van der Waals surface area contributed by atoms with Crippen LogP contribution in [0.15, 0.2) is 42.5 Å². The summed E-state index contributed by atoms with van der Waals surface area (Å²) in [6.07, 6.45) is 0.547. The van der Waals surface area contributed by atoms with E-state index in [1.54, 1.807) is 30.1 Å². The van der Waals surface area contributed by atoms with Gasteiger partial charge in [-0.1, -0.05) is 66.0 Å². The van der Waals surface area contributed by atoms with Gasteiger partial charge < -0.3 is 10.2 Å². The van der Waals surface area contributed by atoms with E-state index in [2.05, 4.69) is 5.32 Å². The third kappa shape index (κ3) is 5.47. The zero-order valence-electron chi connectivity index (χ0n) is 15.8. The highest BCUT2D eigenvalue weighted by atomic mass is 35.5. The van der Waals surface area contributed by atoms with Crippen molar-refractivity contribution < 1.29 is 9.59 Å². The molecule has 0 saturated heterocycles. The van der Waals surface area contributed by atoms with Crippen molar-refractivity contribution in [2.24, 2.45) is 0 Å². The van der Waals surface area contributed by atoms with E-state index >= 15 is 0 Å². The summed E-state index contributed by atoms with van der Waals surface area (Å²) < 4.78 is 0. The predicted octanol–water partition coefficient (Wildman–Crippen LogP) is 4.40. The smallest absolute Gasteiger partial charge is 0.242 e. The highest BCUT2D eigenvalue weighted by Gasteiger charge is 2.28. The van der Waals surface area contributed by atoms with Gasteiger partial charge in [-0.2, -0.15) is 0 Å². The molecule has 0 aliphatic heterocycles. The van der Waals surface area contributed by atoms with Crippen LogP contribution in [0.2, 0.25) is 10.0 Å². The maximum absolute atomic E-state index is 13.1. The zero-order chi connectivity index (χ0) is 20.0. The lowest BCUT2D eigenvalue weighted by atomic mass is 10.1. The summed E-state index contributed by atoms with van der Waals surface area (Å²) in [5.41, 5.74) is 2.67. The molecule has 0 fully saturated rings. The summed E-state index contributed by atoms with van der Waals surface area (Å²) in [4.78, 5) is 27.1. The molecule has 2 aromatic rings. The molecule has 0 spiro atoms. The van der Waals surface area contributed by atoms with E-state index in [1.807, 2.05) is 38.1 Å². The van der Waals surface area contributed by atoms with Gasteiger partial charge in [-0.15, -0.1) is 0 Å². The van der Waals surface area contributed by atoms with Crippen LogP contribution in [0.1, 0.15) is 30.0 Å². The molecule has 0 radical (unpaired) electrons. The number of carbonyl (C=O) groups is 2. The van der Waals surface area contributed by atoms with Crippen LogP contribution in [0.3, 0.4) is 0 Å². The van der Waals surface area contributed by atoms with Gasteiger partial charge in [0, 0.05) is 23.6 Å². The Bertz CT molecular complexity index is 786. The molecule has 144 valence electrons. The van der Waals surface area contributed by atoms with E-state index in [-0.39, 0.29) is 18.2 Å². The SMILES string of the molecule is CCC(C(=O)NC)N(Cc1ccc(C)cc1)C(=O)Cc1c(Cl)cccc1Cl. The van der Waals surface area contributed by atoms with Gasteiger partial charge in [0.1, 0.15) is 6.04 Å². The van der Waals surface area contributed by atoms with Crippen molar-refractivity contribution in [1.82, 2.24) is 10.2 Å². The van der Waals surface area contributed by atoms with Gasteiger partial charge in [-0.3, -0.25) is 9.59 Å². The van der Waals surface area contributed by atoms with Crippen LogP contribution in [-0.4, -0.2) is 29.8 Å². The Kier molecular flexibility index (Phi) is 7.69. The van der Waals surface area contributed by atoms with Gasteiger partial charge >= 0.3 is 0 Å². The maximum Gasteiger partial charge on any atom is 0.242 e. The van der Waals surface area contributed by atoms with Crippen molar-refractivity contribution in [2.75, 3.05) is 7.05 Å². The molecule has 2 amide bonds. The molecule has 0 aliphatic rings. The normalized spacial score (nSPS) is 11.7. The number of aryl methyl sites for hydroxylation is 1. The highest BCUT2D eigenvalue weighted by molar-refractivity contribution is 6.36. The number of benzene rings is 2. The van der Waals surface area contributed by atoms with E-state index in [9.17, 15) is 9.59 Å². The molecule has 2 rings (SSSR count). The first-order valence-electron chi connectivity index (χ1n) is 8.86. The monoisotopic (exact) mass is 406 g/mol. The summed E-state index contributed by atoms with van der Waals surface area (Å²) in [5, 5.41) is 3.54. The van der Waals surface area contributed by atoms with Crippen LogP contribution in [0.4, 0.5) is 0 Å². The number of amides is 2. The summed E-state index contributed by atoms with van der Waals surface area (Å²) in [6.45, 7) is 4.23. The zero-order valence-corrected chi connectivity index (χ0v) is 17.3. The number of rotatable bonds is 7. The number of likely N-dealkylation sites (N-methyl/N-ethyl adjacent to an activating group) is 1. The Balaban J connectivity index is 2.33. The number of nitrogens with zero attached hydrogens (tertiary/aromatic N) is 1. The number of nitrogens with one attached hydrogen (secondary N) is 1. The lowest BCUT2D eigenvalue weighted by Crippen LogP contribution is -2.48. The lowest BCUT2D eigenvalue weighted by Gasteiger charge is -2.30. The van der Waals surface area contributed by atoms with Crippen LogP contribution >= 0.6 is 23.2 Å². The average Bonchev–Trinajstić information content (AvgIpc) is 2.65. The Hall–Kier alpha value is -2.04. The van der Waals surface area contributed by atoms with Crippen molar-refractivity contribution in [1.29, 1.82) is 0 Å². The molecule has 0 bridgehead atoms. The van der Waals surface area contributed by atoms with Crippen molar-refractivity contribution >= 4 is 35.0 Å². The first-order valence-corrected chi connectivity index (χ1v) is 9.62. The fourth-order valence-electron chi connectivity index (χ4n) is 2.93. The van der Waals surface area contributed by atoms with E-state index in [1.165, 1.54) is 0 Å². The molecule has 4 nitrogen and oxygen atoms in total. The molecule has 27 heavy (non-hydrogen) atoms. The minimum atomic E-state index is -0.565. The second-order valence-electron chi connectivity index (χ2n) is 6.42. The molecule has 0 saturated carbocycles. The van der Waals surface area contributed by atoms with Gasteiger partial charge in [-0.05, 0) is 36.6 Å². The summed E-state index contributed by atoms with van der Waals surface area (Å²) >= 11 is 12.4. The topological polar surface area (TPSA) is 49.4 Å². The largest absolute Gasteiger partial charge is 0.357 e. The van der Waals surface area contributed by atoms with Crippen molar-refractivity contribution in [3.8, 4) is 0 Å². The van der Waals surface area contributed by atoms with Crippen LogP contribution in [0, 0.1) is 6.92 Å². The predicted molar refractivity (Wildman–Crippen MR) is 110 cm³/mol. The average molecular weight is 407 g/mol. The Morgan fingerprint density at radius 3 is 2.19 bits per heavy atom. The van der Waals surface area contributed by atoms with Crippen LogP contribution in [-0.2, 0) is 22.6 Å². The fraction of sp³-hybridized carbons (Fsp3) is 0.333. The van der Waals surface area contributed by atoms with Crippen molar-refractivity contribution in [3.63, 3.8) is 0 Å². The molecule has 1 N–H and O–H groups in total. The number of hydrogen-bond donors (Lipinski definition) is 1. The van der Waals surface area contributed by atoms with Crippen molar-refractivity contribution in [3.05, 3.63) is 69.2 Å². The summed E-state index contributed by atoms with van der Waals surface area (Å²) in [7, 11) is 1.57. The molecule has 6 heteroatoms. The highest BCUT2D eigenvalue weighted by Crippen LogP contribution is 2.26. The molecule has 1 atom stereocenters. The minimum Gasteiger partial charge on any atom is -0.357 e. The molecular weight excluding hydrogens is 383 g/mol. The Labute approximate surface area is 170 Å². The second-order valence-corrected chi connectivity index (χ2v) is 7.24. The number of halogens is 2. The number of hydrogen-bond acceptors (Lipinski definition) is 2. The second kappa shape index (κ2) is 9.77. The van der Waals surface area contributed by atoms with Gasteiger partial charge in [0.2, 0.25) is 11.8 Å². The minimum absolute atomic E-state index is 0.0395. The van der Waals surface area contributed by atoms with Gasteiger partial charge in [0.15, 0.2) is 0 Å². The van der Waals surface area contributed by atoms with Crippen LogP contribution < -0.4 is 5.32 Å². The molecule has 0 aliphatic carbocycles. The Morgan fingerprint density at radius 2 is 1.67 bits per heavy atom. The van der Waals surface area contributed by atoms with Crippen LogP contribution in [0.5, 0.6) is 0 Å². The van der Waals surface area contributed by atoms with Crippen LogP contribution in [0.25, 0.3) is 0 Å². The first kappa shape index (κ1) is 21.3. The van der Waals surface area contributed by atoms with Gasteiger partial charge in [-0.25, -0.2) is 0 Å². The summed E-state index contributed by atoms with van der Waals surface area (Å²) in [5.74, 6) is -0.385. The molecule has 0 aromatic heterocycles. The Morgan fingerprint density at radius 1 is 1.07 bits per heavy atom. The fourth-order valence-corrected chi connectivity index (χ4v) is 3.46. The van der Waals surface area contributed by atoms with E-state index in [0.29, 0.717) is 28.6 Å². The lowest BCUT2D eigenvalue weighted by molar-refractivity contribution is -0.140. The van der Waals surface area contributed by atoms with E-state index < -0.39 is 6.04 Å². The maximum atomic E-state index is 13.1. The third-order valence-corrected chi connectivity index (χ3v) is 5.20. The summed E-state index contributed by atoms with van der Waals surface area (Å²) in [6, 6.07) is 12.5. The third-order valence-electron chi connectivity index (χ3n) is 4.50. The number of carbonyl (C=O) groups excluding carboxylic acids is 2. The molecule has 2 aromatic carbocycles. The molecular formula is C21H24Cl2N2O2. The van der Waals surface area contributed by atoms with E-state index in [0.717, 1.165) is 11.1 Å². The van der Waals surface area contributed by atoms with Gasteiger partial charge in [0.25, 0.3) is 0 Å². The molecule has 1 unspecified atom stereocenters. The quantitative estimate of drug-likeness (QED) is 0.740.